The molecule has 0 amide bonds. The molecular formula is C14H20N2S. The Morgan fingerprint density at radius 2 is 2.12 bits per heavy atom. The topological polar surface area (TPSA) is 29.3 Å². The van der Waals surface area contributed by atoms with Gasteiger partial charge in [-0.05, 0) is 25.8 Å². The molecule has 3 heteroatoms. The Morgan fingerprint density at radius 1 is 1.35 bits per heavy atom. The number of fused-ring (bicyclic) bond motifs is 1. The summed E-state index contributed by atoms with van der Waals surface area (Å²) in [5, 5.41) is 3.61. The van der Waals surface area contributed by atoms with Crippen molar-refractivity contribution >= 4 is 27.1 Å². The second-order valence-corrected chi connectivity index (χ2v) is 5.57. The van der Waals surface area contributed by atoms with E-state index in [2.05, 4.69) is 48.5 Å². The first-order valence-electron chi connectivity index (χ1n) is 6.11. The molecule has 1 atom stereocenters. The van der Waals surface area contributed by atoms with Crippen LogP contribution in [0.1, 0.15) is 19.8 Å². The van der Waals surface area contributed by atoms with E-state index in [4.69, 9.17) is 5.73 Å². The van der Waals surface area contributed by atoms with Crippen LogP contribution in [0.15, 0.2) is 29.6 Å². The summed E-state index contributed by atoms with van der Waals surface area (Å²) in [5.41, 5.74) is 7.11. The van der Waals surface area contributed by atoms with Crippen LogP contribution in [0, 0.1) is 0 Å². The van der Waals surface area contributed by atoms with Crippen molar-refractivity contribution in [2.45, 2.75) is 25.8 Å². The molecule has 1 aromatic carbocycles. The van der Waals surface area contributed by atoms with Gasteiger partial charge in [0.1, 0.15) is 0 Å². The van der Waals surface area contributed by atoms with Gasteiger partial charge in [-0.15, -0.1) is 11.3 Å². The van der Waals surface area contributed by atoms with Crippen LogP contribution in [-0.2, 0) is 0 Å². The zero-order valence-electron chi connectivity index (χ0n) is 10.5. The molecule has 2 rings (SSSR count). The lowest BCUT2D eigenvalue weighted by molar-refractivity contribution is 0.622. The van der Waals surface area contributed by atoms with Crippen LogP contribution in [0.2, 0.25) is 0 Å². The molecule has 1 unspecified atom stereocenters. The van der Waals surface area contributed by atoms with Gasteiger partial charge in [-0.3, -0.25) is 0 Å². The van der Waals surface area contributed by atoms with Gasteiger partial charge in [0.15, 0.2) is 0 Å². The van der Waals surface area contributed by atoms with Gasteiger partial charge < -0.3 is 10.6 Å². The molecule has 0 saturated heterocycles. The largest absolute Gasteiger partial charge is 0.373 e. The van der Waals surface area contributed by atoms with E-state index >= 15 is 0 Å². The summed E-state index contributed by atoms with van der Waals surface area (Å²) < 4.78 is 1.36. The van der Waals surface area contributed by atoms with Crippen molar-refractivity contribution in [1.82, 2.24) is 0 Å². The third-order valence-corrected chi connectivity index (χ3v) is 3.98. The van der Waals surface area contributed by atoms with E-state index in [9.17, 15) is 0 Å². The van der Waals surface area contributed by atoms with Crippen molar-refractivity contribution in [2.75, 3.05) is 18.5 Å². The normalized spacial score (nSPS) is 12.9. The highest BCUT2D eigenvalue weighted by Crippen LogP contribution is 2.32. The minimum absolute atomic E-state index is 0.308. The summed E-state index contributed by atoms with van der Waals surface area (Å²) in [5.74, 6) is 0. The van der Waals surface area contributed by atoms with Crippen molar-refractivity contribution in [3.05, 3.63) is 29.6 Å². The van der Waals surface area contributed by atoms with Crippen LogP contribution in [-0.4, -0.2) is 19.6 Å². The number of nitrogens with zero attached hydrogens (tertiary/aromatic N) is 1. The van der Waals surface area contributed by atoms with E-state index in [1.807, 2.05) is 11.3 Å². The van der Waals surface area contributed by atoms with Crippen molar-refractivity contribution in [1.29, 1.82) is 0 Å². The molecule has 0 aliphatic carbocycles. The Kier molecular flexibility index (Phi) is 4.02. The molecule has 2 nitrogen and oxygen atoms in total. The number of hydrogen-bond donors (Lipinski definition) is 1. The molecule has 2 N–H and O–H groups in total. The number of thiophene rings is 1. The van der Waals surface area contributed by atoms with Gasteiger partial charge in [-0.25, -0.2) is 0 Å². The van der Waals surface area contributed by atoms with Gasteiger partial charge in [0.05, 0.1) is 5.69 Å². The summed E-state index contributed by atoms with van der Waals surface area (Å²) in [7, 11) is 2.16. The monoisotopic (exact) mass is 248 g/mol. The number of benzene rings is 1. The molecule has 0 fully saturated rings. The van der Waals surface area contributed by atoms with Crippen LogP contribution in [0.5, 0.6) is 0 Å². The Labute approximate surface area is 107 Å². The fraction of sp³-hybridized carbons (Fsp3) is 0.429. The number of anilines is 1. The Morgan fingerprint density at radius 3 is 2.88 bits per heavy atom. The van der Waals surface area contributed by atoms with Gasteiger partial charge in [-0.2, -0.15) is 0 Å². The zero-order chi connectivity index (χ0) is 12.3. The number of rotatable bonds is 5. The maximum Gasteiger partial charge on any atom is 0.0552 e. The van der Waals surface area contributed by atoms with E-state index in [0.29, 0.717) is 6.04 Å². The molecule has 0 spiro atoms. The molecular weight excluding hydrogens is 228 g/mol. The summed E-state index contributed by atoms with van der Waals surface area (Å²) in [4.78, 5) is 2.33. The standard InChI is InChI=1S/C14H20N2S/c1-11(15)6-5-9-16(2)13-10-17-14-8-4-3-7-12(13)14/h3-4,7-8,10-11H,5-6,9,15H2,1-2H3. The van der Waals surface area contributed by atoms with Crippen molar-refractivity contribution in [2.24, 2.45) is 5.73 Å². The van der Waals surface area contributed by atoms with E-state index in [-0.39, 0.29) is 0 Å². The first kappa shape index (κ1) is 12.4. The molecule has 0 saturated carbocycles. The zero-order valence-corrected chi connectivity index (χ0v) is 11.3. The van der Waals surface area contributed by atoms with Crippen LogP contribution in [0.3, 0.4) is 0 Å². The highest BCUT2D eigenvalue weighted by molar-refractivity contribution is 7.17. The van der Waals surface area contributed by atoms with Gasteiger partial charge in [-0.1, -0.05) is 18.2 Å². The number of hydrogen-bond acceptors (Lipinski definition) is 3. The van der Waals surface area contributed by atoms with Crippen molar-refractivity contribution in [3.63, 3.8) is 0 Å². The lowest BCUT2D eigenvalue weighted by atomic mass is 10.2. The Balaban J connectivity index is 2.06. The highest BCUT2D eigenvalue weighted by atomic mass is 32.1. The van der Waals surface area contributed by atoms with Gasteiger partial charge in [0.2, 0.25) is 0 Å². The molecule has 2 aromatic rings. The summed E-state index contributed by atoms with van der Waals surface area (Å²) in [6, 6.07) is 8.89. The minimum atomic E-state index is 0.308. The SMILES string of the molecule is CC(N)CCCN(C)c1csc2ccccc12. The fourth-order valence-electron chi connectivity index (χ4n) is 2.03. The van der Waals surface area contributed by atoms with E-state index in [1.54, 1.807) is 0 Å². The average molecular weight is 248 g/mol. The lowest BCUT2D eigenvalue weighted by Gasteiger charge is -2.18. The Hall–Kier alpha value is -1.06. The molecule has 1 aromatic heterocycles. The molecule has 0 aliphatic rings. The molecule has 1 heterocycles. The van der Waals surface area contributed by atoms with Crippen LogP contribution in [0.4, 0.5) is 5.69 Å². The quantitative estimate of drug-likeness (QED) is 0.878. The number of nitrogens with two attached hydrogens (primary N) is 1. The van der Waals surface area contributed by atoms with Crippen molar-refractivity contribution < 1.29 is 0 Å². The van der Waals surface area contributed by atoms with Crippen LogP contribution in [0.25, 0.3) is 10.1 Å². The smallest absolute Gasteiger partial charge is 0.0552 e. The fourth-order valence-corrected chi connectivity index (χ4v) is 3.03. The van der Waals surface area contributed by atoms with Crippen LogP contribution >= 0.6 is 11.3 Å². The molecule has 0 radical (unpaired) electrons. The lowest BCUT2D eigenvalue weighted by Crippen LogP contribution is -2.21. The van der Waals surface area contributed by atoms with Gasteiger partial charge in [0, 0.05) is 35.1 Å². The molecule has 17 heavy (non-hydrogen) atoms. The Bertz CT molecular complexity index is 476. The maximum absolute atomic E-state index is 5.77. The van der Waals surface area contributed by atoms with Gasteiger partial charge in [0.25, 0.3) is 0 Å². The molecule has 0 bridgehead atoms. The second-order valence-electron chi connectivity index (χ2n) is 4.66. The average Bonchev–Trinajstić information content (AvgIpc) is 2.72. The first-order valence-corrected chi connectivity index (χ1v) is 6.99. The minimum Gasteiger partial charge on any atom is -0.373 e. The molecule has 92 valence electrons. The van der Waals surface area contributed by atoms with E-state index in [0.717, 1.165) is 19.4 Å². The third-order valence-electron chi connectivity index (χ3n) is 3.02. The summed E-state index contributed by atoms with van der Waals surface area (Å²) in [6.45, 7) is 3.14. The van der Waals surface area contributed by atoms with Crippen molar-refractivity contribution in [3.8, 4) is 0 Å². The first-order chi connectivity index (χ1) is 8.18. The summed E-state index contributed by atoms with van der Waals surface area (Å²) in [6.07, 6.45) is 2.24. The van der Waals surface area contributed by atoms with E-state index < -0.39 is 0 Å². The second kappa shape index (κ2) is 5.52. The predicted octanol–water partition coefficient (Wildman–Crippen LogP) is 3.46. The summed E-state index contributed by atoms with van der Waals surface area (Å²) >= 11 is 1.82. The highest BCUT2D eigenvalue weighted by Gasteiger charge is 2.07. The predicted molar refractivity (Wildman–Crippen MR) is 78.0 cm³/mol. The third kappa shape index (κ3) is 2.99. The van der Waals surface area contributed by atoms with Crippen LogP contribution < -0.4 is 10.6 Å². The van der Waals surface area contributed by atoms with Gasteiger partial charge >= 0.3 is 0 Å². The maximum atomic E-state index is 5.77. The molecule has 0 aliphatic heterocycles. The van der Waals surface area contributed by atoms with E-state index in [1.165, 1.54) is 15.8 Å².